The van der Waals surface area contributed by atoms with Crippen molar-refractivity contribution >= 4 is 22.5 Å². The normalized spacial score (nSPS) is 9.27. The number of rotatable bonds is 2. The van der Waals surface area contributed by atoms with E-state index in [9.17, 15) is 4.79 Å². The highest BCUT2D eigenvalue weighted by atomic mass is 35.5. The molecule has 0 radical (unpaired) electrons. The topological polar surface area (TPSA) is 29.1 Å². The van der Waals surface area contributed by atoms with Gasteiger partial charge in [-0.2, -0.15) is 0 Å². The number of benzene rings is 1. The molecule has 0 bridgehead atoms. The monoisotopic (exact) mass is 169 g/mol. The van der Waals surface area contributed by atoms with Crippen LogP contribution in [0, 0.1) is 0 Å². The van der Waals surface area contributed by atoms with E-state index in [1.54, 1.807) is 25.2 Å². The molecular formula is C8H8ClNO. The first-order valence-electron chi connectivity index (χ1n) is 3.22. The van der Waals surface area contributed by atoms with E-state index in [1.807, 2.05) is 6.07 Å². The number of hydrogen-bond donors (Lipinski definition) is 1. The Bertz CT molecular complexity index is 273. The van der Waals surface area contributed by atoms with E-state index < -0.39 is 5.24 Å². The fourth-order valence-electron chi connectivity index (χ4n) is 0.873. The summed E-state index contributed by atoms with van der Waals surface area (Å²) < 4.78 is 0. The van der Waals surface area contributed by atoms with E-state index in [0.717, 1.165) is 5.69 Å². The quantitative estimate of drug-likeness (QED) is 0.688. The van der Waals surface area contributed by atoms with Gasteiger partial charge in [0.2, 0.25) is 0 Å². The standard InChI is InChI=1S/C8H8ClNO/c1-10-7-5-3-2-4-6(7)8(9)11/h2-5,10H,1H3. The molecule has 0 saturated heterocycles. The number of anilines is 1. The lowest BCUT2D eigenvalue weighted by atomic mass is 10.2. The third kappa shape index (κ3) is 1.71. The van der Waals surface area contributed by atoms with Crippen molar-refractivity contribution in [3.8, 4) is 0 Å². The van der Waals surface area contributed by atoms with Gasteiger partial charge < -0.3 is 5.32 Å². The van der Waals surface area contributed by atoms with E-state index in [-0.39, 0.29) is 0 Å². The van der Waals surface area contributed by atoms with Crippen molar-refractivity contribution in [2.24, 2.45) is 0 Å². The van der Waals surface area contributed by atoms with Crippen molar-refractivity contribution in [3.63, 3.8) is 0 Å². The second kappa shape index (κ2) is 3.39. The summed E-state index contributed by atoms with van der Waals surface area (Å²) in [7, 11) is 1.75. The third-order valence-electron chi connectivity index (χ3n) is 1.41. The van der Waals surface area contributed by atoms with E-state index >= 15 is 0 Å². The Balaban J connectivity index is 3.12. The van der Waals surface area contributed by atoms with Crippen molar-refractivity contribution in [1.82, 2.24) is 0 Å². The van der Waals surface area contributed by atoms with Crippen LogP contribution >= 0.6 is 11.6 Å². The van der Waals surface area contributed by atoms with Crippen LogP contribution in [0.3, 0.4) is 0 Å². The average Bonchev–Trinajstić information content (AvgIpc) is 2.04. The Kier molecular flexibility index (Phi) is 2.49. The summed E-state index contributed by atoms with van der Waals surface area (Å²) in [6, 6.07) is 7.10. The van der Waals surface area contributed by atoms with Crippen molar-refractivity contribution < 1.29 is 4.79 Å². The zero-order chi connectivity index (χ0) is 8.27. The van der Waals surface area contributed by atoms with Crippen LogP contribution in [0.1, 0.15) is 10.4 Å². The van der Waals surface area contributed by atoms with Gasteiger partial charge in [0, 0.05) is 12.7 Å². The molecule has 1 rings (SSSR count). The lowest BCUT2D eigenvalue weighted by Gasteiger charge is -2.02. The highest BCUT2D eigenvalue weighted by Gasteiger charge is 2.04. The van der Waals surface area contributed by atoms with Gasteiger partial charge in [-0.3, -0.25) is 4.79 Å². The molecule has 0 atom stereocenters. The summed E-state index contributed by atoms with van der Waals surface area (Å²) in [6.45, 7) is 0. The molecule has 0 unspecified atom stereocenters. The molecule has 0 aromatic heterocycles. The van der Waals surface area contributed by atoms with Gasteiger partial charge in [-0.1, -0.05) is 12.1 Å². The maximum atomic E-state index is 10.8. The van der Waals surface area contributed by atoms with Crippen molar-refractivity contribution in [2.45, 2.75) is 0 Å². The van der Waals surface area contributed by atoms with Gasteiger partial charge in [0.1, 0.15) is 0 Å². The van der Waals surface area contributed by atoms with Crippen molar-refractivity contribution in [1.29, 1.82) is 0 Å². The Morgan fingerprint density at radius 1 is 1.45 bits per heavy atom. The molecule has 1 aromatic rings. The van der Waals surface area contributed by atoms with Gasteiger partial charge >= 0.3 is 0 Å². The van der Waals surface area contributed by atoms with Crippen LogP contribution in [0.5, 0.6) is 0 Å². The molecule has 0 amide bonds. The van der Waals surface area contributed by atoms with Crippen LogP contribution in [0.25, 0.3) is 0 Å². The molecule has 0 spiro atoms. The average molecular weight is 170 g/mol. The summed E-state index contributed by atoms with van der Waals surface area (Å²) in [6.07, 6.45) is 0. The summed E-state index contributed by atoms with van der Waals surface area (Å²) in [4.78, 5) is 10.8. The highest BCUT2D eigenvalue weighted by molar-refractivity contribution is 6.68. The van der Waals surface area contributed by atoms with Gasteiger partial charge in [0.15, 0.2) is 0 Å². The van der Waals surface area contributed by atoms with Crippen LogP contribution in [-0.4, -0.2) is 12.3 Å². The molecule has 11 heavy (non-hydrogen) atoms. The van der Waals surface area contributed by atoms with Gasteiger partial charge in [-0.15, -0.1) is 0 Å². The molecule has 0 aliphatic heterocycles. The van der Waals surface area contributed by atoms with E-state index in [4.69, 9.17) is 11.6 Å². The largest absolute Gasteiger partial charge is 0.387 e. The maximum absolute atomic E-state index is 10.8. The zero-order valence-electron chi connectivity index (χ0n) is 6.10. The highest BCUT2D eigenvalue weighted by Crippen LogP contribution is 2.15. The first-order chi connectivity index (χ1) is 5.25. The lowest BCUT2D eigenvalue weighted by molar-refractivity contribution is 0.108. The van der Waals surface area contributed by atoms with E-state index in [0.29, 0.717) is 5.56 Å². The molecule has 0 heterocycles. The smallest absolute Gasteiger partial charge is 0.254 e. The fourth-order valence-corrected chi connectivity index (χ4v) is 1.04. The minimum absolute atomic E-state index is 0.435. The van der Waals surface area contributed by atoms with Crippen molar-refractivity contribution in [3.05, 3.63) is 29.8 Å². The van der Waals surface area contributed by atoms with E-state index in [2.05, 4.69) is 5.32 Å². The van der Waals surface area contributed by atoms with Crippen LogP contribution in [0.2, 0.25) is 0 Å². The number of hydrogen-bond acceptors (Lipinski definition) is 2. The van der Waals surface area contributed by atoms with Gasteiger partial charge in [0.05, 0.1) is 5.56 Å². The van der Waals surface area contributed by atoms with Crippen LogP contribution in [0.15, 0.2) is 24.3 Å². The molecule has 1 N–H and O–H groups in total. The summed E-state index contributed by atoms with van der Waals surface area (Å²) >= 11 is 5.31. The van der Waals surface area contributed by atoms with Gasteiger partial charge in [0.25, 0.3) is 5.24 Å². The Morgan fingerprint density at radius 2 is 2.09 bits per heavy atom. The van der Waals surface area contributed by atoms with Crippen LogP contribution < -0.4 is 5.32 Å². The molecular weight excluding hydrogens is 162 g/mol. The second-order valence-electron chi connectivity index (χ2n) is 2.07. The first-order valence-corrected chi connectivity index (χ1v) is 3.60. The number of para-hydroxylation sites is 1. The Labute approximate surface area is 70.2 Å². The van der Waals surface area contributed by atoms with Crippen LogP contribution in [-0.2, 0) is 0 Å². The summed E-state index contributed by atoms with van der Waals surface area (Å²) in [5.41, 5.74) is 1.27. The predicted octanol–water partition coefficient (Wildman–Crippen LogP) is 2.11. The van der Waals surface area contributed by atoms with Gasteiger partial charge in [-0.25, -0.2) is 0 Å². The number of halogens is 1. The molecule has 2 nitrogen and oxygen atoms in total. The molecule has 1 aromatic carbocycles. The second-order valence-corrected chi connectivity index (χ2v) is 2.41. The third-order valence-corrected chi connectivity index (χ3v) is 1.61. The predicted molar refractivity (Wildman–Crippen MR) is 46.2 cm³/mol. The molecule has 0 aliphatic carbocycles. The molecule has 0 saturated carbocycles. The lowest BCUT2D eigenvalue weighted by Crippen LogP contribution is -1.97. The zero-order valence-corrected chi connectivity index (χ0v) is 6.85. The van der Waals surface area contributed by atoms with E-state index in [1.165, 1.54) is 0 Å². The molecule has 0 fully saturated rings. The molecule has 0 aliphatic rings. The number of carbonyl (C=O) groups excluding carboxylic acids is 1. The van der Waals surface area contributed by atoms with Gasteiger partial charge in [-0.05, 0) is 23.7 Å². The Hall–Kier alpha value is -1.02. The SMILES string of the molecule is CNc1ccccc1C(=O)Cl. The minimum Gasteiger partial charge on any atom is -0.387 e. The first kappa shape index (κ1) is 8.08. The number of carbonyl (C=O) groups is 1. The maximum Gasteiger partial charge on any atom is 0.254 e. The minimum atomic E-state index is -0.435. The fraction of sp³-hybridized carbons (Fsp3) is 0.125. The number of nitrogens with one attached hydrogen (secondary N) is 1. The molecule has 58 valence electrons. The summed E-state index contributed by atoms with van der Waals surface area (Å²) in [5.74, 6) is 0. The molecule has 3 heteroatoms. The summed E-state index contributed by atoms with van der Waals surface area (Å²) in [5, 5.41) is 2.44. The van der Waals surface area contributed by atoms with Crippen molar-refractivity contribution in [2.75, 3.05) is 12.4 Å². The van der Waals surface area contributed by atoms with Crippen LogP contribution in [0.4, 0.5) is 5.69 Å². The Morgan fingerprint density at radius 3 is 2.55 bits per heavy atom.